The van der Waals surface area contributed by atoms with Gasteiger partial charge >= 0.3 is 0 Å². The number of halogens is 2. The van der Waals surface area contributed by atoms with Crippen LogP contribution in [0.25, 0.3) is 0 Å². The second-order valence-corrected chi connectivity index (χ2v) is 13.4. The lowest BCUT2D eigenvalue weighted by molar-refractivity contribution is 0.284. The molecule has 1 fully saturated rings. The smallest absolute Gasteiger partial charge is 0.118 e. The topological polar surface area (TPSA) is 48.5 Å². The van der Waals surface area contributed by atoms with Gasteiger partial charge in [0.05, 0.1) is 24.1 Å². The molecule has 0 atom stereocenters. The summed E-state index contributed by atoms with van der Waals surface area (Å²) < 4.78 is 6.35. The molecule has 2 aromatic rings. The zero-order valence-corrected chi connectivity index (χ0v) is 17.2. The van der Waals surface area contributed by atoms with E-state index in [4.69, 9.17) is 0 Å². The van der Waals surface area contributed by atoms with Crippen LogP contribution in [0, 0.1) is 3.70 Å². The maximum Gasteiger partial charge on any atom is 0.118 e. The molecule has 0 bridgehead atoms. The Labute approximate surface area is 147 Å². The second kappa shape index (κ2) is 5.77. The van der Waals surface area contributed by atoms with Crippen molar-refractivity contribution in [2.24, 2.45) is 0 Å². The molecule has 0 aliphatic heterocycles. The van der Waals surface area contributed by atoms with Crippen molar-refractivity contribution in [1.82, 2.24) is 24.8 Å². The molecular weight excluding hydrogens is 461 g/mol. The predicted octanol–water partition coefficient (Wildman–Crippen LogP) is 3.16. The molecule has 0 amide bonds. The molecule has 0 N–H and O–H groups in total. The Morgan fingerprint density at radius 1 is 1.38 bits per heavy atom. The van der Waals surface area contributed by atoms with Crippen LogP contribution in [0.15, 0.2) is 10.8 Å². The van der Waals surface area contributed by atoms with Gasteiger partial charge in [-0.25, -0.2) is 4.68 Å². The van der Waals surface area contributed by atoms with E-state index in [0.717, 1.165) is 14.8 Å². The van der Waals surface area contributed by atoms with Gasteiger partial charge < -0.3 is 0 Å². The first-order valence-electron chi connectivity index (χ1n) is 7.19. The minimum atomic E-state index is -1.43. The summed E-state index contributed by atoms with van der Waals surface area (Å²) in [5, 5.41) is 14.5. The van der Waals surface area contributed by atoms with E-state index in [1.807, 2.05) is 10.9 Å². The van der Waals surface area contributed by atoms with Gasteiger partial charge in [-0.2, -0.15) is 5.10 Å². The average molecular weight is 480 g/mol. The summed E-state index contributed by atoms with van der Waals surface area (Å²) in [6.07, 6.45) is 5.74. The van der Waals surface area contributed by atoms with Crippen molar-refractivity contribution < 1.29 is 0 Å². The highest BCUT2D eigenvalue weighted by Crippen LogP contribution is 2.34. The van der Waals surface area contributed by atoms with Crippen LogP contribution in [0.3, 0.4) is 0 Å². The Kier molecular flexibility index (Phi) is 4.30. The van der Waals surface area contributed by atoms with Gasteiger partial charge in [0.1, 0.15) is 16.4 Å². The summed E-state index contributed by atoms with van der Waals surface area (Å²) in [7, 11) is -1.43. The van der Waals surface area contributed by atoms with Crippen molar-refractivity contribution in [2.75, 3.05) is 0 Å². The quantitative estimate of drug-likeness (QED) is 0.499. The third-order valence-corrected chi connectivity index (χ3v) is 8.14. The number of nitrogens with zero attached hydrogens (tertiary/aromatic N) is 5. The van der Waals surface area contributed by atoms with Crippen LogP contribution in [0.2, 0.25) is 19.6 Å². The Balaban J connectivity index is 1.84. The second-order valence-electron chi connectivity index (χ2n) is 6.63. The van der Waals surface area contributed by atoms with Crippen LogP contribution in [0.4, 0.5) is 0 Å². The van der Waals surface area contributed by atoms with Crippen LogP contribution < -0.4 is 5.32 Å². The predicted molar refractivity (Wildman–Crippen MR) is 97.6 cm³/mol. The van der Waals surface area contributed by atoms with Gasteiger partial charge in [-0.1, -0.05) is 24.9 Å². The van der Waals surface area contributed by atoms with E-state index >= 15 is 0 Å². The summed E-state index contributed by atoms with van der Waals surface area (Å²) in [6, 6.07) is 0.570. The van der Waals surface area contributed by atoms with Gasteiger partial charge in [-0.15, -0.1) is 5.10 Å². The molecule has 5 nitrogen and oxygen atoms in total. The Bertz CT molecular complexity index is 656. The summed E-state index contributed by atoms with van der Waals surface area (Å²) in [5.41, 5.74) is 1.17. The van der Waals surface area contributed by atoms with Crippen molar-refractivity contribution in [3.63, 3.8) is 0 Å². The van der Waals surface area contributed by atoms with E-state index in [2.05, 4.69) is 78.3 Å². The Morgan fingerprint density at radius 3 is 2.62 bits per heavy atom. The summed E-state index contributed by atoms with van der Waals surface area (Å²) in [5.74, 6) is 0. The molecule has 3 rings (SSSR count). The average Bonchev–Trinajstić information content (AvgIpc) is 2.85. The lowest BCUT2D eigenvalue weighted by Gasteiger charge is -2.26. The van der Waals surface area contributed by atoms with E-state index in [9.17, 15) is 0 Å². The van der Waals surface area contributed by atoms with Crippen molar-refractivity contribution in [1.29, 1.82) is 0 Å². The van der Waals surface area contributed by atoms with Gasteiger partial charge in [0, 0.05) is 5.56 Å². The minimum Gasteiger partial charge on any atom is -0.255 e. The van der Waals surface area contributed by atoms with Crippen LogP contribution in [-0.2, 0) is 6.54 Å². The SMILES string of the molecule is C[Si](C)(C)c1nnn(Cc2cnn(C3CCC3)c2Br)c1I. The summed E-state index contributed by atoms with van der Waals surface area (Å²) in [6.45, 7) is 7.62. The van der Waals surface area contributed by atoms with E-state index < -0.39 is 8.07 Å². The standard InChI is InChI=1S/C13H19BrIN5Si/c1-21(2,3)13-12(15)19(18-17-13)8-9-7-16-20(11(9)14)10-5-4-6-10/h7,10H,4-6,8H2,1-3H3. The zero-order chi connectivity index (χ0) is 15.2. The number of hydrogen-bond acceptors (Lipinski definition) is 3. The number of aromatic nitrogens is 5. The summed E-state index contributed by atoms with van der Waals surface area (Å²) >= 11 is 6.07. The molecule has 114 valence electrons. The molecule has 1 saturated carbocycles. The molecule has 2 heterocycles. The molecule has 0 aromatic carbocycles. The fraction of sp³-hybridized carbons (Fsp3) is 0.615. The van der Waals surface area contributed by atoms with Gasteiger partial charge in [0.15, 0.2) is 0 Å². The molecular formula is C13H19BrIN5Si. The highest BCUT2D eigenvalue weighted by atomic mass is 127. The van der Waals surface area contributed by atoms with Crippen molar-refractivity contribution in [2.45, 2.75) is 51.5 Å². The molecule has 2 aromatic heterocycles. The third kappa shape index (κ3) is 2.98. The minimum absolute atomic E-state index is 0.570. The van der Waals surface area contributed by atoms with E-state index in [1.165, 1.54) is 30.1 Å². The van der Waals surface area contributed by atoms with Crippen molar-refractivity contribution >= 4 is 51.9 Å². The Hall–Kier alpha value is -0.223. The lowest BCUT2D eigenvalue weighted by atomic mass is 9.93. The van der Waals surface area contributed by atoms with Crippen molar-refractivity contribution in [3.05, 3.63) is 20.1 Å². The molecule has 0 spiro atoms. The Morgan fingerprint density at radius 2 is 2.10 bits per heavy atom. The fourth-order valence-corrected chi connectivity index (χ4v) is 6.90. The fourth-order valence-electron chi connectivity index (χ4n) is 2.40. The highest BCUT2D eigenvalue weighted by molar-refractivity contribution is 14.1. The first-order chi connectivity index (χ1) is 9.88. The van der Waals surface area contributed by atoms with Crippen molar-refractivity contribution in [3.8, 4) is 0 Å². The molecule has 1 aliphatic rings. The molecule has 0 saturated heterocycles. The summed E-state index contributed by atoms with van der Waals surface area (Å²) in [4.78, 5) is 0. The monoisotopic (exact) mass is 479 g/mol. The number of rotatable bonds is 4. The van der Waals surface area contributed by atoms with Gasteiger partial charge in [-0.3, -0.25) is 4.68 Å². The highest BCUT2D eigenvalue weighted by Gasteiger charge is 2.27. The van der Waals surface area contributed by atoms with Crippen LogP contribution in [-0.4, -0.2) is 32.8 Å². The molecule has 0 radical (unpaired) electrons. The van der Waals surface area contributed by atoms with E-state index in [-0.39, 0.29) is 0 Å². The first-order valence-corrected chi connectivity index (χ1v) is 12.6. The maximum atomic E-state index is 4.53. The first kappa shape index (κ1) is 15.7. The van der Waals surface area contributed by atoms with E-state index in [0.29, 0.717) is 6.04 Å². The molecule has 1 aliphatic carbocycles. The van der Waals surface area contributed by atoms with Crippen LogP contribution >= 0.6 is 38.5 Å². The lowest BCUT2D eigenvalue weighted by Crippen LogP contribution is -2.41. The van der Waals surface area contributed by atoms with Gasteiger partial charge in [0.2, 0.25) is 0 Å². The van der Waals surface area contributed by atoms with E-state index in [1.54, 1.807) is 0 Å². The van der Waals surface area contributed by atoms with Crippen LogP contribution in [0.5, 0.6) is 0 Å². The molecule has 21 heavy (non-hydrogen) atoms. The normalized spacial score (nSPS) is 16.2. The third-order valence-electron chi connectivity index (χ3n) is 3.93. The molecule has 8 heteroatoms. The zero-order valence-electron chi connectivity index (χ0n) is 12.5. The number of hydrogen-bond donors (Lipinski definition) is 0. The van der Waals surface area contributed by atoms with Crippen LogP contribution in [0.1, 0.15) is 30.9 Å². The molecule has 0 unspecified atom stereocenters. The van der Waals surface area contributed by atoms with Gasteiger partial charge in [-0.05, 0) is 57.8 Å². The van der Waals surface area contributed by atoms with Gasteiger partial charge in [0.25, 0.3) is 0 Å². The largest absolute Gasteiger partial charge is 0.255 e. The maximum absolute atomic E-state index is 4.53.